The van der Waals surface area contributed by atoms with Crippen LogP contribution in [0.4, 0.5) is 4.79 Å². The van der Waals surface area contributed by atoms with E-state index >= 15 is 0 Å². The number of urea groups is 1. The minimum absolute atomic E-state index is 0.0648. The predicted molar refractivity (Wildman–Crippen MR) is 78.1 cm³/mol. The first kappa shape index (κ1) is 16.2. The van der Waals surface area contributed by atoms with Crippen molar-refractivity contribution in [1.29, 1.82) is 0 Å². The van der Waals surface area contributed by atoms with Gasteiger partial charge in [-0.3, -0.25) is 10.1 Å². The molecule has 20 heavy (non-hydrogen) atoms. The number of imide groups is 1. The molecule has 5 nitrogen and oxygen atoms in total. The third-order valence-electron chi connectivity index (χ3n) is 3.22. The molecule has 0 fully saturated rings. The van der Waals surface area contributed by atoms with Crippen molar-refractivity contribution >= 4 is 11.9 Å². The van der Waals surface area contributed by atoms with Gasteiger partial charge in [0.1, 0.15) is 6.04 Å². The molecule has 1 aromatic carbocycles. The van der Waals surface area contributed by atoms with Crippen LogP contribution in [-0.2, 0) is 4.79 Å². The summed E-state index contributed by atoms with van der Waals surface area (Å²) in [5, 5.41) is 6.93. The molecule has 0 saturated heterocycles. The molecule has 0 heterocycles. The molecule has 0 unspecified atom stereocenters. The molecule has 0 aromatic heterocycles. The molecule has 2 atom stereocenters. The second-order valence-corrected chi connectivity index (χ2v) is 4.97. The summed E-state index contributed by atoms with van der Waals surface area (Å²) in [6.45, 7) is 6.13. The smallest absolute Gasteiger partial charge is 0.321 e. The predicted octanol–water partition coefficient (Wildman–Crippen LogP) is 0.935. The van der Waals surface area contributed by atoms with Crippen LogP contribution < -0.4 is 16.0 Å². The molecule has 0 radical (unpaired) electrons. The number of nitrogens with two attached hydrogens (primary N) is 1. The minimum atomic E-state index is -0.426. The Morgan fingerprint density at radius 2 is 1.85 bits per heavy atom. The molecular weight excluding hydrogens is 254 g/mol. The van der Waals surface area contributed by atoms with Crippen molar-refractivity contribution in [1.82, 2.24) is 10.6 Å². The number of hydrogen-bond acceptors (Lipinski definition) is 2. The highest BCUT2D eigenvalue weighted by atomic mass is 16.2. The average Bonchev–Trinajstić information content (AvgIpc) is 2.45. The number of benzene rings is 1. The normalized spacial score (nSPS) is 13.3. The van der Waals surface area contributed by atoms with Crippen molar-refractivity contribution in [2.75, 3.05) is 6.54 Å². The van der Waals surface area contributed by atoms with Crippen LogP contribution in [-0.4, -0.2) is 24.5 Å². The maximum atomic E-state index is 11.7. The van der Waals surface area contributed by atoms with E-state index in [1.54, 1.807) is 0 Å². The standard InChI is InChI=1S/C15H23N3O2/c1-4-11(2)17-15(20)18-14(19)10-16-12(3)13-8-6-5-7-9-13/h5-9,11-12,16H,4,10H2,1-3H3,(H2,17,18,19,20)/p+1/t11-,12-/m1/s1. The maximum Gasteiger partial charge on any atom is 0.321 e. The van der Waals surface area contributed by atoms with Crippen LogP contribution in [0.1, 0.15) is 38.8 Å². The molecule has 0 aliphatic rings. The highest BCUT2D eigenvalue weighted by molar-refractivity contribution is 5.94. The average molecular weight is 278 g/mol. The molecule has 4 N–H and O–H groups in total. The van der Waals surface area contributed by atoms with Gasteiger partial charge in [0.25, 0.3) is 5.91 Å². The third kappa shape index (κ3) is 5.84. The van der Waals surface area contributed by atoms with E-state index in [-0.39, 0.29) is 24.5 Å². The van der Waals surface area contributed by atoms with E-state index < -0.39 is 6.03 Å². The summed E-state index contributed by atoms with van der Waals surface area (Å²) >= 11 is 0. The summed E-state index contributed by atoms with van der Waals surface area (Å²) in [7, 11) is 0. The molecular formula is C15H24N3O2+. The van der Waals surface area contributed by atoms with E-state index in [4.69, 9.17) is 0 Å². The zero-order chi connectivity index (χ0) is 15.0. The summed E-state index contributed by atoms with van der Waals surface area (Å²) in [4.78, 5) is 23.1. The highest BCUT2D eigenvalue weighted by Crippen LogP contribution is 2.05. The first-order chi connectivity index (χ1) is 9.52. The SMILES string of the molecule is CC[C@@H](C)NC(=O)NC(=O)C[NH2+][C@H](C)c1ccccc1. The molecule has 0 saturated carbocycles. The fourth-order valence-electron chi connectivity index (χ4n) is 1.72. The largest absolute Gasteiger partial charge is 0.335 e. The van der Waals surface area contributed by atoms with Crippen LogP contribution in [0.2, 0.25) is 0 Å². The molecule has 1 rings (SSSR count). The lowest BCUT2D eigenvalue weighted by molar-refractivity contribution is -0.682. The zero-order valence-electron chi connectivity index (χ0n) is 12.3. The lowest BCUT2D eigenvalue weighted by Crippen LogP contribution is -2.87. The molecule has 110 valence electrons. The summed E-state index contributed by atoms with van der Waals surface area (Å²) in [6.07, 6.45) is 0.832. The molecule has 0 bridgehead atoms. The fraction of sp³-hybridized carbons (Fsp3) is 0.467. The van der Waals surface area contributed by atoms with E-state index in [0.29, 0.717) is 0 Å². The van der Waals surface area contributed by atoms with Crippen LogP contribution in [0.5, 0.6) is 0 Å². The topological polar surface area (TPSA) is 74.8 Å². The summed E-state index contributed by atoms with van der Waals surface area (Å²) < 4.78 is 0. The quantitative estimate of drug-likeness (QED) is 0.724. The van der Waals surface area contributed by atoms with Crippen molar-refractivity contribution in [3.05, 3.63) is 35.9 Å². The Morgan fingerprint density at radius 1 is 1.20 bits per heavy atom. The van der Waals surface area contributed by atoms with Crippen LogP contribution in [0.15, 0.2) is 30.3 Å². The lowest BCUT2D eigenvalue weighted by Gasteiger charge is -2.13. The van der Waals surface area contributed by atoms with Gasteiger partial charge < -0.3 is 10.6 Å². The molecule has 0 aliphatic heterocycles. The van der Waals surface area contributed by atoms with Crippen molar-refractivity contribution in [3.8, 4) is 0 Å². The van der Waals surface area contributed by atoms with E-state index in [1.165, 1.54) is 0 Å². The zero-order valence-corrected chi connectivity index (χ0v) is 12.3. The van der Waals surface area contributed by atoms with Gasteiger partial charge >= 0.3 is 6.03 Å². The van der Waals surface area contributed by atoms with Crippen LogP contribution in [0.25, 0.3) is 0 Å². The number of quaternary nitrogens is 1. The van der Waals surface area contributed by atoms with Gasteiger partial charge in [0.2, 0.25) is 0 Å². The Bertz CT molecular complexity index is 434. The first-order valence-corrected chi connectivity index (χ1v) is 7.01. The fourth-order valence-corrected chi connectivity index (χ4v) is 1.72. The lowest BCUT2D eigenvalue weighted by atomic mass is 10.1. The van der Waals surface area contributed by atoms with Gasteiger partial charge in [0, 0.05) is 11.6 Å². The maximum absolute atomic E-state index is 11.7. The number of carbonyl (C=O) groups is 2. The first-order valence-electron chi connectivity index (χ1n) is 7.01. The molecule has 0 spiro atoms. The van der Waals surface area contributed by atoms with Crippen molar-refractivity contribution in [3.63, 3.8) is 0 Å². The van der Waals surface area contributed by atoms with Crippen molar-refractivity contribution in [2.45, 2.75) is 39.3 Å². The second kappa shape index (κ2) is 8.32. The van der Waals surface area contributed by atoms with E-state index in [0.717, 1.165) is 12.0 Å². The Morgan fingerprint density at radius 3 is 2.45 bits per heavy atom. The van der Waals surface area contributed by atoms with Crippen molar-refractivity contribution < 1.29 is 14.9 Å². The van der Waals surface area contributed by atoms with E-state index in [2.05, 4.69) is 10.6 Å². The summed E-state index contributed by atoms with van der Waals surface area (Å²) in [5.41, 5.74) is 1.16. The Kier molecular flexibility index (Phi) is 6.73. The Hall–Kier alpha value is -1.88. The molecule has 0 aliphatic carbocycles. The number of carbonyl (C=O) groups excluding carboxylic acids is 2. The summed E-state index contributed by atoms with van der Waals surface area (Å²) in [5.74, 6) is -0.284. The molecule has 5 heteroatoms. The second-order valence-electron chi connectivity index (χ2n) is 4.97. The van der Waals surface area contributed by atoms with Gasteiger partial charge in [-0.1, -0.05) is 37.3 Å². The number of hydrogen-bond donors (Lipinski definition) is 3. The van der Waals surface area contributed by atoms with Gasteiger partial charge in [-0.2, -0.15) is 0 Å². The Labute approximate surface area is 120 Å². The summed E-state index contributed by atoms with van der Waals surface area (Å²) in [6, 6.07) is 9.77. The number of rotatable bonds is 6. The van der Waals surface area contributed by atoms with E-state index in [9.17, 15) is 9.59 Å². The van der Waals surface area contributed by atoms with Crippen LogP contribution >= 0.6 is 0 Å². The molecule has 1 aromatic rings. The number of nitrogens with one attached hydrogen (secondary N) is 2. The molecule has 3 amide bonds. The van der Waals surface area contributed by atoms with Crippen LogP contribution in [0.3, 0.4) is 0 Å². The van der Waals surface area contributed by atoms with Gasteiger partial charge in [-0.15, -0.1) is 0 Å². The monoisotopic (exact) mass is 278 g/mol. The van der Waals surface area contributed by atoms with Gasteiger partial charge in [-0.05, 0) is 20.3 Å². The van der Waals surface area contributed by atoms with Gasteiger partial charge in [-0.25, -0.2) is 4.79 Å². The third-order valence-corrected chi connectivity index (χ3v) is 3.22. The number of amides is 3. The van der Waals surface area contributed by atoms with Gasteiger partial charge in [0.15, 0.2) is 6.54 Å². The van der Waals surface area contributed by atoms with E-state index in [1.807, 2.05) is 56.4 Å². The van der Waals surface area contributed by atoms with Crippen molar-refractivity contribution in [2.24, 2.45) is 0 Å². The van der Waals surface area contributed by atoms with Gasteiger partial charge in [0.05, 0.1) is 0 Å². The van der Waals surface area contributed by atoms with Crippen LogP contribution in [0, 0.1) is 0 Å². The highest BCUT2D eigenvalue weighted by Gasteiger charge is 2.14. The Balaban J connectivity index is 2.31. The minimum Gasteiger partial charge on any atom is -0.335 e.